The van der Waals surface area contributed by atoms with E-state index in [-0.39, 0.29) is 22.2 Å². The molecule has 0 radical (unpaired) electrons. The third-order valence-corrected chi connectivity index (χ3v) is 4.78. The summed E-state index contributed by atoms with van der Waals surface area (Å²) in [5, 5.41) is 6.26. The van der Waals surface area contributed by atoms with Crippen LogP contribution in [0, 0.1) is 5.82 Å². The number of ether oxygens (including phenoxy) is 2. The molecule has 174 valence electrons. The van der Waals surface area contributed by atoms with Crippen molar-refractivity contribution >= 4 is 52.9 Å². The number of carbonyl (C=O) groups excluding carboxylic acids is 3. The van der Waals surface area contributed by atoms with Gasteiger partial charge in [-0.15, -0.1) is 0 Å². The lowest BCUT2D eigenvalue weighted by molar-refractivity contribution is -0.136. The van der Waals surface area contributed by atoms with Crippen molar-refractivity contribution in [1.29, 1.82) is 0 Å². The fourth-order valence-electron chi connectivity index (χ4n) is 2.57. The summed E-state index contributed by atoms with van der Waals surface area (Å²) in [4.78, 5) is 36.1. The van der Waals surface area contributed by atoms with E-state index in [1.165, 1.54) is 49.7 Å². The topological polar surface area (TPSA) is 106 Å². The lowest BCUT2D eigenvalue weighted by Crippen LogP contribution is -2.32. The molecule has 0 atom stereocenters. The van der Waals surface area contributed by atoms with Gasteiger partial charge in [0.1, 0.15) is 5.82 Å². The van der Waals surface area contributed by atoms with Crippen LogP contribution in [0.3, 0.4) is 0 Å². The van der Waals surface area contributed by atoms with E-state index < -0.39 is 23.6 Å². The number of esters is 1. The van der Waals surface area contributed by atoms with Crippen molar-refractivity contribution < 1.29 is 28.2 Å². The van der Waals surface area contributed by atoms with Gasteiger partial charge in [0.15, 0.2) is 11.5 Å². The van der Waals surface area contributed by atoms with Crippen molar-refractivity contribution in [3.8, 4) is 11.5 Å². The molecule has 2 N–H and O–H groups in total. The summed E-state index contributed by atoms with van der Waals surface area (Å²) in [5.41, 5.74) is 2.99. The average molecular weight is 504 g/mol. The van der Waals surface area contributed by atoms with Crippen molar-refractivity contribution in [3.05, 3.63) is 87.7 Å². The number of benzene rings is 3. The van der Waals surface area contributed by atoms with Gasteiger partial charge in [-0.25, -0.2) is 14.6 Å². The van der Waals surface area contributed by atoms with Gasteiger partial charge in [0.25, 0.3) is 0 Å². The average Bonchev–Trinajstić information content (AvgIpc) is 2.82. The summed E-state index contributed by atoms with van der Waals surface area (Å²) in [5.74, 6) is -2.93. The minimum Gasteiger partial charge on any atom is -0.493 e. The second-order valence-electron chi connectivity index (χ2n) is 6.59. The molecule has 0 saturated carbocycles. The van der Waals surface area contributed by atoms with Gasteiger partial charge in [-0.1, -0.05) is 23.2 Å². The van der Waals surface area contributed by atoms with Crippen LogP contribution in [0.1, 0.15) is 15.9 Å². The van der Waals surface area contributed by atoms with Gasteiger partial charge in [-0.2, -0.15) is 5.10 Å². The van der Waals surface area contributed by atoms with Gasteiger partial charge < -0.3 is 14.8 Å². The molecule has 0 aromatic heterocycles. The lowest BCUT2D eigenvalue weighted by atomic mass is 10.2. The molecule has 34 heavy (non-hydrogen) atoms. The summed E-state index contributed by atoms with van der Waals surface area (Å²) in [6.45, 7) is 0. The molecule has 3 aromatic rings. The van der Waals surface area contributed by atoms with Crippen molar-refractivity contribution in [2.24, 2.45) is 5.10 Å². The van der Waals surface area contributed by atoms with Crippen LogP contribution in [-0.2, 0) is 9.59 Å². The molecule has 0 saturated heterocycles. The van der Waals surface area contributed by atoms with Crippen LogP contribution in [0.25, 0.3) is 0 Å². The predicted molar refractivity (Wildman–Crippen MR) is 125 cm³/mol. The second-order valence-corrected chi connectivity index (χ2v) is 7.43. The van der Waals surface area contributed by atoms with E-state index in [1.54, 1.807) is 18.2 Å². The number of hydrogen-bond acceptors (Lipinski definition) is 6. The Kier molecular flexibility index (Phi) is 8.18. The quantitative estimate of drug-likeness (QED) is 0.170. The van der Waals surface area contributed by atoms with Gasteiger partial charge in [0.2, 0.25) is 0 Å². The highest BCUT2D eigenvalue weighted by molar-refractivity contribution is 6.39. The Hall–Kier alpha value is -3.95. The highest BCUT2D eigenvalue weighted by Crippen LogP contribution is 2.28. The maximum absolute atomic E-state index is 13.2. The molecule has 0 aliphatic heterocycles. The van der Waals surface area contributed by atoms with E-state index in [1.807, 2.05) is 0 Å². The molecule has 0 heterocycles. The number of nitrogens with zero attached hydrogens (tertiary/aromatic N) is 1. The smallest absolute Gasteiger partial charge is 0.343 e. The van der Waals surface area contributed by atoms with Crippen molar-refractivity contribution in [1.82, 2.24) is 5.43 Å². The molecule has 8 nitrogen and oxygen atoms in total. The summed E-state index contributed by atoms with van der Waals surface area (Å²) in [7, 11) is 1.39. The SMILES string of the molecule is COc1cc(C=NNC(=O)C(=O)Nc2ccc(F)c(Cl)c2)ccc1OC(=O)c1ccc(Cl)cc1. The zero-order valence-corrected chi connectivity index (χ0v) is 19.0. The van der Waals surface area contributed by atoms with Gasteiger partial charge in [0, 0.05) is 10.7 Å². The zero-order valence-electron chi connectivity index (χ0n) is 17.5. The van der Waals surface area contributed by atoms with Gasteiger partial charge >= 0.3 is 17.8 Å². The molecular formula is C23H16Cl2FN3O5. The van der Waals surface area contributed by atoms with Crippen LogP contribution in [0.15, 0.2) is 65.8 Å². The molecule has 11 heteroatoms. The number of anilines is 1. The fraction of sp³-hybridized carbons (Fsp3) is 0.0435. The standard InChI is InChI=1S/C23H16Cl2FN3O5/c1-33-20-10-13(2-9-19(20)34-23(32)14-3-5-15(24)6-4-14)12-27-29-22(31)21(30)28-16-7-8-18(26)17(25)11-16/h2-12H,1H3,(H,28,30)(H,29,31). The molecule has 3 rings (SSSR count). The van der Waals surface area contributed by atoms with E-state index in [4.69, 9.17) is 32.7 Å². The molecular weight excluding hydrogens is 488 g/mol. The fourth-order valence-corrected chi connectivity index (χ4v) is 2.88. The first-order valence-corrected chi connectivity index (χ1v) is 10.3. The first-order chi connectivity index (χ1) is 16.3. The molecule has 0 aliphatic carbocycles. The summed E-state index contributed by atoms with van der Waals surface area (Å²) < 4.78 is 23.8. The highest BCUT2D eigenvalue weighted by Gasteiger charge is 2.15. The minimum absolute atomic E-state index is 0.143. The number of hydrazone groups is 1. The van der Waals surface area contributed by atoms with E-state index in [0.29, 0.717) is 16.1 Å². The minimum atomic E-state index is -1.06. The first-order valence-electron chi connectivity index (χ1n) is 9.52. The molecule has 0 aliphatic rings. The number of hydrogen-bond donors (Lipinski definition) is 2. The largest absolute Gasteiger partial charge is 0.493 e. The zero-order chi connectivity index (χ0) is 24.7. The maximum Gasteiger partial charge on any atom is 0.343 e. The Morgan fingerprint density at radius 3 is 2.35 bits per heavy atom. The number of halogens is 3. The Balaban J connectivity index is 1.60. The van der Waals surface area contributed by atoms with Crippen LogP contribution in [0.4, 0.5) is 10.1 Å². The van der Waals surface area contributed by atoms with Crippen molar-refractivity contribution in [2.75, 3.05) is 12.4 Å². The third kappa shape index (κ3) is 6.53. The third-order valence-electron chi connectivity index (χ3n) is 4.23. The highest BCUT2D eigenvalue weighted by atomic mass is 35.5. The number of nitrogens with one attached hydrogen (secondary N) is 2. The molecule has 0 bridgehead atoms. The van der Waals surface area contributed by atoms with Gasteiger partial charge in [-0.05, 0) is 66.2 Å². The van der Waals surface area contributed by atoms with E-state index in [2.05, 4.69) is 15.8 Å². The van der Waals surface area contributed by atoms with E-state index in [9.17, 15) is 18.8 Å². The monoisotopic (exact) mass is 503 g/mol. The number of amides is 2. The molecule has 0 fully saturated rings. The number of carbonyl (C=O) groups is 3. The molecule has 2 amide bonds. The Bertz CT molecular complexity index is 1270. The molecule has 0 spiro atoms. The van der Waals surface area contributed by atoms with Gasteiger partial charge in [-0.3, -0.25) is 9.59 Å². The summed E-state index contributed by atoms with van der Waals surface area (Å²) in [6.07, 6.45) is 1.26. The lowest BCUT2D eigenvalue weighted by Gasteiger charge is -2.10. The Morgan fingerprint density at radius 2 is 1.68 bits per heavy atom. The summed E-state index contributed by atoms with van der Waals surface area (Å²) >= 11 is 11.5. The van der Waals surface area contributed by atoms with Crippen LogP contribution >= 0.6 is 23.2 Å². The van der Waals surface area contributed by atoms with E-state index in [0.717, 1.165) is 6.07 Å². The van der Waals surface area contributed by atoms with Crippen LogP contribution in [0.5, 0.6) is 11.5 Å². The molecule has 3 aromatic carbocycles. The van der Waals surface area contributed by atoms with E-state index >= 15 is 0 Å². The summed E-state index contributed by atoms with van der Waals surface area (Å²) in [6, 6.07) is 14.2. The Morgan fingerprint density at radius 1 is 0.941 bits per heavy atom. The first kappa shape index (κ1) is 24.7. The normalized spacial score (nSPS) is 10.6. The predicted octanol–water partition coefficient (Wildman–Crippen LogP) is 4.45. The Labute approximate surface area is 203 Å². The number of rotatable bonds is 6. The second kappa shape index (κ2) is 11.3. The van der Waals surface area contributed by atoms with Gasteiger partial charge in [0.05, 0.1) is 23.9 Å². The number of methoxy groups -OCH3 is 1. The van der Waals surface area contributed by atoms with Crippen LogP contribution in [-0.4, -0.2) is 31.1 Å². The maximum atomic E-state index is 13.2. The van der Waals surface area contributed by atoms with Crippen molar-refractivity contribution in [3.63, 3.8) is 0 Å². The molecule has 0 unspecified atom stereocenters. The van der Waals surface area contributed by atoms with Crippen LogP contribution in [0.2, 0.25) is 10.0 Å². The van der Waals surface area contributed by atoms with Crippen LogP contribution < -0.4 is 20.2 Å². The van der Waals surface area contributed by atoms with Crippen molar-refractivity contribution in [2.45, 2.75) is 0 Å².